The van der Waals surface area contributed by atoms with Crippen molar-refractivity contribution in [2.24, 2.45) is 0 Å². The highest BCUT2D eigenvalue weighted by atomic mass is 16.5. The number of anilines is 1. The summed E-state index contributed by atoms with van der Waals surface area (Å²) in [5.41, 5.74) is 2.15. The summed E-state index contributed by atoms with van der Waals surface area (Å²) in [6.07, 6.45) is 1.56. The van der Waals surface area contributed by atoms with E-state index in [1.807, 2.05) is 30.1 Å². The van der Waals surface area contributed by atoms with Crippen LogP contribution < -0.4 is 5.32 Å². The van der Waals surface area contributed by atoms with Gasteiger partial charge in [0, 0.05) is 18.3 Å². The number of hydrogen-bond donors (Lipinski definition) is 1. The highest BCUT2D eigenvalue weighted by Crippen LogP contribution is 2.28. The molecule has 0 spiro atoms. The fourth-order valence-electron chi connectivity index (χ4n) is 2.30. The van der Waals surface area contributed by atoms with E-state index in [1.54, 1.807) is 12.1 Å². The lowest BCUT2D eigenvalue weighted by Crippen LogP contribution is -2.13. The first-order valence-electron chi connectivity index (χ1n) is 6.31. The van der Waals surface area contributed by atoms with Gasteiger partial charge in [0.05, 0.1) is 12.2 Å². The third kappa shape index (κ3) is 1.91. The fourth-order valence-corrected chi connectivity index (χ4v) is 2.30. The molecule has 1 saturated heterocycles. The third-order valence-corrected chi connectivity index (χ3v) is 3.34. The first-order valence-corrected chi connectivity index (χ1v) is 6.31. The molecule has 0 unspecified atom stereocenters. The molecular formula is C15H13N3O2. The Bertz CT molecular complexity index is 683. The van der Waals surface area contributed by atoms with Crippen LogP contribution in [0, 0.1) is 11.3 Å². The number of nitrogens with zero attached hydrogens (tertiary/aromatic N) is 2. The average molecular weight is 267 g/mol. The van der Waals surface area contributed by atoms with E-state index in [0.717, 1.165) is 12.2 Å². The summed E-state index contributed by atoms with van der Waals surface area (Å²) in [7, 11) is 1.86. The number of fused-ring (bicyclic) bond motifs is 1. The van der Waals surface area contributed by atoms with Gasteiger partial charge in [-0.25, -0.2) is 0 Å². The smallest absolute Gasteiger partial charge is 0.211 e. The maximum absolute atomic E-state index is 12.2. The van der Waals surface area contributed by atoms with Gasteiger partial charge >= 0.3 is 0 Å². The van der Waals surface area contributed by atoms with Gasteiger partial charge in [-0.15, -0.1) is 0 Å². The summed E-state index contributed by atoms with van der Waals surface area (Å²) in [5, 5.41) is 12.3. The van der Waals surface area contributed by atoms with Gasteiger partial charge in [-0.05, 0) is 18.2 Å². The standard InChI is InChI=1S/C15H13N3O2/c1-18-6-7-20-15(18)10(9-16)8-13-14(19)11-4-2-3-5-12(11)17-13/h2-5,8,17H,6-7H2,1H3/b13-8+,15-10-. The van der Waals surface area contributed by atoms with Crippen LogP contribution in [0.3, 0.4) is 0 Å². The minimum Gasteiger partial charge on any atom is -0.476 e. The molecule has 0 radical (unpaired) electrons. The van der Waals surface area contributed by atoms with E-state index >= 15 is 0 Å². The molecule has 0 aliphatic carbocycles. The van der Waals surface area contributed by atoms with Crippen LogP contribution in [0.25, 0.3) is 0 Å². The lowest BCUT2D eigenvalue weighted by molar-refractivity contribution is 0.104. The Morgan fingerprint density at radius 3 is 2.95 bits per heavy atom. The van der Waals surface area contributed by atoms with Crippen molar-refractivity contribution in [2.45, 2.75) is 0 Å². The Hall–Kier alpha value is -2.74. The Morgan fingerprint density at radius 2 is 2.30 bits per heavy atom. The van der Waals surface area contributed by atoms with Gasteiger partial charge in [-0.3, -0.25) is 4.79 Å². The quantitative estimate of drug-likeness (QED) is 0.621. The number of ether oxygens (including phenoxy) is 1. The molecule has 0 bridgehead atoms. The zero-order valence-electron chi connectivity index (χ0n) is 11.0. The minimum absolute atomic E-state index is 0.102. The maximum atomic E-state index is 12.2. The third-order valence-electron chi connectivity index (χ3n) is 3.34. The van der Waals surface area contributed by atoms with Gasteiger partial charge < -0.3 is 15.0 Å². The van der Waals surface area contributed by atoms with E-state index in [9.17, 15) is 10.1 Å². The molecule has 2 heterocycles. The van der Waals surface area contributed by atoms with Crippen LogP contribution in [-0.4, -0.2) is 30.9 Å². The van der Waals surface area contributed by atoms with E-state index in [2.05, 4.69) is 11.4 Å². The van der Waals surface area contributed by atoms with Gasteiger partial charge in [-0.2, -0.15) is 5.26 Å². The molecule has 1 aromatic carbocycles. The normalized spacial score (nSPS) is 21.3. The van der Waals surface area contributed by atoms with Crippen LogP contribution in [0.2, 0.25) is 0 Å². The lowest BCUT2D eigenvalue weighted by Gasteiger charge is -2.10. The highest BCUT2D eigenvalue weighted by molar-refractivity contribution is 6.18. The average Bonchev–Trinajstić information content (AvgIpc) is 3.01. The molecule has 100 valence electrons. The van der Waals surface area contributed by atoms with Gasteiger partial charge in [0.2, 0.25) is 11.7 Å². The predicted molar refractivity (Wildman–Crippen MR) is 73.7 cm³/mol. The number of para-hydroxylation sites is 1. The summed E-state index contributed by atoms with van der Waals surface area (Å²) in [6, 6.07) is 9.38. The van der Waals surface area contributed by atoms with Crippen molar-refractivity contribution in [2.75, 3.05) is 25.5 Å². The van der Waals surface area contributed by atoms with Crippen molar-refractivity contribution in [1.29, 1.82) is 5.26 Å². The van der Waals surface area contributed by atoms with Gasteiger partial charge in [-0.1, -0.05) is 12.1 Å². The van der Waals surface area contributed by atoms with Crippen molar-refractivity contribution in [3.8, 4) is 6.07 Å². The highest BCUT2D eigenvalue weighted by Gasteiger charge is 2.26. The Balaban J connectivity index is 1.99. The molecule has 0 atom stereocenters. The number of ketones is 1. The van der Waals surface area contributed by atoms with Crippen LogP contribution in [0.5, 0.6) is 0 Å². The van der Waals surface area contributed by atoms with Crippen molar-refractivity contribution in [3.63, 3.8) is 0 Å². The monoisotopic (exact) mass is 267 g/mol. The van der Waals surface area contributed by atoms with Crippen LogP contribution in [0.4, 0.5) is 5.69 Å². The molecule has 0 saturated carbocycles. The molecule has 0 amide bonds. The fraction of sp³-hybridized carbons (Fsp3) is 0.200. The minimum atomic E-state index is -0.102. The SMILES string of the molecule is CN1CCO/C1=C(C#N)/C=C1/Nc2ccccc2C1=O. The molecule has 5 nitrogen and oxygen atoms in total. The second-order valence-electron chi connectivity index (χ2n) is 4.66. The topological polar surface area (TPSA) is 65.4 Å². The predicted octanol–water partition coefficient (Wildman–Crippen LogP) is 1.88. The summed E-state index contributed by atoms with van der Waals surface area (Å²) >= 11 is 0. The summed E-state index contributed by atoms with van der Waals surface area (Å²) in [4.78, 5) is 14.1. The van der Waals surface area contributed by atoms with Crippen LogP contribution >= 0.6 is 0 Å². The van der Waals surface area contributed by atoms with E-state index in [0.29, 0.717) is 29.3 Å². The van der Waals surface area contributed by atoms with Crippen molar-refractivity contribution in [3.05, 3.63) is 53.1 Å². The number of carbonyl (C=O) groups excluding carboxylic acids is 1. The number of carbonyl (C=O) groups is 1. The molecule has 1 aromatic rings. The molecule has 3 rings (SSSR count). The van der Waals surface area contributed by atoms with Crippen molar-refractivity contribution in [1.82, 2.24) is 4.90 Å². The van der Waals surface area contributed by atoms with Crippen LogP contribution in [0.15, 0.2) is 47.5 Å². The largest absolute Gasteiger partial charge is 0.476 e. The van der Waals surface area contributed by atoms with E-state index in [-0.39, 0.29) is 5.78 Å². The van der Waals surface area contributed by atoms with E-state index in [4.69, 9.17) is 4.74 Å². The number of rotatable bonds is 1. The number of Topliss-reactive ketones (excluding diaryl/α,β-unsaturated/α-hetero) is 1. The Morgan fingerprint density at radius 1 is 1.50 bits per heavy atom. The van der Waals surface area contributed by atoms with Crippen molar-refractivity contribution >= 4 is 11.5 Å². The molecule has 20 heavy (non-hydrogen) atoms. The van der Waals surface area contributed by atoms with Gasteiger partial charge in [0.15, 0.2) is 0 Å². The first kappa shape index (κ1) is 12.3. The van der Waals surface area contributed by atoms with Crippen LogP contribution in [-0.2, 0) is 4.74 Å². The zero-order chi connectivity index (χ0) is 14.1. The first-order chi connectivity index (χ1) is 9.70. The second-order valence-corrected chi connectivity index (χ2v) is 4.66. The molecule has 1 N–H and O–H groups in total. The van der Waals surface area contributed by atoms with Crippen molar-refractivity contribution < 1.29 is 9.53 Å². The summed E-state index contributed by atoms with van der Waals surface area (Å²) in [6.45, 7) is 1.30. The number of hydrogen-bond acceptors (Lipinski definition) is 5. The number of benzene rings is 1. The Labute approximate surface area is 116 Å². The Kier molecular flexibility index (Phi) is 2.92. The summed E-state index contributed by atoms with van der Waals surface area (Å²) < 4.78 is 5.44. The lowest BCUT2D eigenvalue weighted by atomic mass is 10.1. The number of nitriles is 1. The van der Waals surface area contributed by atoms with Gasteiger partial charge in [0.1, 0.15) is 18.2 Å². The number of nitrogens with one attached hydrogen (secondary N) is 1. The maximum Gasteiger partial charge on any atom is 0.211 e. The van der Waals surface area contributed by atoms with E-state index in [1.165, 1.54) is 0 Å². The van der Waals surface area contributed by atoms with Crippen LogP contribution in [0.1, 0.15) is 10.4 Å². The second kappa shape index (κ2) is 4.74. The molecular weight excluding hydrogens is 254 g/mol. The van der Waals surface area contributed by atoms with Gasteiger partial charge in [0.25, 0.3) is 0 Å². The summed E-state index contributed by atoms with van der Waals surface area (Å²) in [5.74, 6) is 0.417. The number of likely N-dealkylation sites (N-methyl/N-ethyl adjacent to an activating group) is 1. The van der Waals surface area contributed by atoms with E-state index < -0.39 is 0 Å². The number of allylic oxidation sites excluding steroid dienone is 3. The molecule has 2 aliphatic rings. The molecule has 0 aromatic heterocycles. The molecule has 2 aliphatic heterocycles. The molecule has 5 heteroatoms. The molecule has 1 fully saturated rings. The zero-order valence-corrected chi connectivity index (χ0v) is 11.0.